The number of fused-ring (bicyclic) bond motifs is 3. The number of amides is 1. The van der Waals surface area contributed by atoms with Gasteiger partial charge in [-0.15, -0.1) is 0 Å². The molecule has 0 radical (unpaired) electrons. The lowest BCUT2D eigenvalue weighted by atomic mass is 9.95. The van der Waals surface area contributed by atoms with Crippen molar-refractivity contribution in [3.05, 3.63) is 0 Å². The van der Waals surface area contributed by atoms with E-state index >= 15 is 0 Å². The van der Waals surface area contributed by atoms with Gasteiger partial charge in [0, 0.05) is 0 Å². The van der Waals surface area contributed by atoms with Crippen molar-refractivity contribution in [2.45, 2.75) is 37.3 Å². The summed E-state index contributed by atoms with van der Waals surface area (Å²) in [6.07, 6.45) is -3.44. The van der Waals surface area contributed by atoms with Crippen molar-refractivity contribution in [2.24, 2.45) is 5.73 Å². The first-order valence-corrected chi connectivity index (χ1v) is 5.32. The van der Waals surface area contributed by atoms with E-state index in [4.69, 9.17) is 19.9 Å². The van der Waals surface area contributed by atoms with Gasteiger partial charge in [0.2, 0.25) is 0 Å². The summed E-state index contributed by atoms with van der Waals surface area (Å²) < 4.78 is 14.2. The highest BCUT2D eigenvalue weighted by atomic mass is 16.7. The van der Waals surface area contributed by atoms with Gasteiger partial charge >= 0.3 is 17.9 Å². The van der Waals surface area contributed by atoms with Crippen LogP contribution in [0, 0.1) is 0 Å². The van der Waals surface area contributed by atoms with Crippen LogP contribution in [-0.2, 0) is 33.4 Å². The highest BCUT2D eigenvalue weighted by Gasteiger charge is 2.58. The predicted molar refractivity (Wildman–Crippen MR) is 53.8 cm³/mol. The molecule has 9 heteroatoms. The number of carbonyl (C=O) groups is 4. The van der Waals surface area contributed by atoms with Gasteiger partial charge in [0.15, 0.2) is 5.60 Å². The smallest absolute Gasteiger partial charge is 0.342 e. The zero-order valence-electron chi connectivity index (χ0n) is 9.87. The SMILES string of the molecule is CC1(C(N)=O)OC(=O)CC2(O)CC(=O)OC1OC2=O. The molecule has 0 aromatic carbocycles. The summed E-state index contributed by atoms with van der Waals surface area (Å²) in [4.78, 5) is 46.2. The number of ether oxygens (including phenoxy) is 3. The van der Waals surface area contributed by atoms with E-state index in [1.807, 2.05) is 0 Å². The molecule has 3 N–H and O–H groups in total. The van der Waals surface area contributed by atoms with Crippen molar-refractivity contribution in [2.75, 3.05) is 0 Å². The fourth-order valence-corrected chi connectivity index (χ4v) is 1.79. The molecular weight excluding hydrogens is 262 g/mol. The molecule has 2 bridgehead atoms. The Morgan fingerprint density at radius 3 is 2.42 bits per heavy atom. The topological polar surface area (TPSA) is 142 Å². The van der Waals surface area contributed by atoms with Crippen molar-refractivity contribution in [3.63, 3.8) is 0 Å². The molecule has 2 fully saturated rings. The summed E-state index contributed by atoms with van der Waals surface area (Å²) in [6, 6.07) is 0. The Kier molecular flexibility index (Phi) is 2.74. The van der Waals surface area contributed by atoms with Gasteiger partial charge in [-0.2, -0.15) is 0 Å². The minimum atomic E-state index is -2.36. The van der Waals surface area contributed by atoms with Crippen LogP contribution in [0.25, 0.3) is 0 Å². The molecule has 1 amide bonds. The molecule has 3 unspecified atom stereocenters. The second kappa shape index (κ2) is 3.92. The largest absolute Gasteiger partial charge is 0.441 e. The normalized spacial score (nSPS) is 38.4. The van der Waals surface area contributed by atoms with Crippen LogP contribution in [0.2, 0.25) is 0 Å². The number of hydrogen-bond donors (Lipinski definition) is 2. The number of cyclic esters (lactones) is 1. The quantitative estimate of drug-likeness (QED) is 0.509. The van der Waals surface area contributed by atoms with Crippen LogP contribution in [0.4, 0.5) is 0 Å². The van der Waals surface area contributed by atoms with Crippen molar-refractivity contribution in [1.29, 1.82) is 0 Å². The van der Waals surface area contributed by atoms with Crippen LogP contribution in [0.3, 0.4) is 0 Å². The summed E-state index contributed by atoms with van der Waals surface area (Å²) in [5.41, 5.74) is 0.577. The Morgan fingerprint density at radius 2 is 1.84 bits per heavy atom. The van der Waals surface area contributed by atoms with Gasteiger partial charge in [0.25, 0.3) is 17.8 Å². The number of primary amides is 1. The molecule has 0 spiro atoms. The summed E-state index contributed by atoms with van der Waals surface area (Å²) in [7, 11) is 0. The van der Waals surface area contributed by atoms with Gasteiger partial charge in [-0.05, 0) is 6.92 Å². The lowest BCUT2D eigenvalue weighted by Crippen LogP contribution is -2.59. The van der Waals surface area contributed by atoms with Crippen LogP contribution >= 0.6 is 0 Å². The molecule has 3 atom stereocenters. The Morgan fingerprint density at radius 1 is 1.26 bits per heavy atom. The van der Waals surface area contributed by atoms with Gasteiger partial charge in [-0.3, -0.25) is 14.4 Å². The van der Waals surface area contributed by atoms with Crippen LogP contribution in [-0.4, -0.2) is 46.4 Å². The third kappa shape index (κ3) is 2.01. The van der Waals surface area contributed by atoms with Gasteiger partial charge in [0.05, 0.1) is 12.8 Å². The minimum Gasteiger partial charge on any atom is -0.441 e. The number of esters is 3. The molecule has 2 aliphatic rings. The molecule has 0 aliphatic carbocycles. The van der Waals surface area contributed by atoms with Crippen LogP contribution < -0.4 is 5.73 Å². The van der Waals surface area contributed by atoms with E-state index in [0.717, 1.165) is 6.92 Å². The Labute approximate surface area is 106 Å². The molecule has 2 heterocycles. The zero-order chi connectivity index (χ0) is 14.4. The van der Waals surface area contributed by atoms with E-state index in [0.29, 0.717) is 0 Å². The molecule has 0 saturated carbocycles. The molecule has 2 rings (SSSR count). The highest BCUT2D eigenvalue weighted by molar-refractivity contribution is 5.95. The van der Waals surface area contributed by atoms with Crippen molar-refractivity contribution >= 4 is 23.8 Å². The standard InChI is InChI=1S/C10H11NO8/c1-9(6(11)14)8-17-4(12)2-10(16,7(15)18-8)3-5(13)19-9/h8,16H,2-3H2,1H3,(H2,11,14). The lowest BCUT2D eigenvalue weighted by Gasteiger charge is -2.34. The van der Waals surface area contributed by atoms with E-state index in [1.54, 1.807) is 0 Å². The number of nitrogens with two attached hydrogens (primary N) is 1. The molecular formula is C10H11NO8. The van der Waals surface area contributed by atoms with Crippen LogP contribution in [0.15, 0.2) is 0 Å². The van der Waals surface area contributed by atoms with Crippen molar-refractivity contribution < 1.29 is 38.5 Å². The molecule has 2 aliphatic heterocycles. The van der Waals surface area contributed by atoms with Crippen LogP contribution in [0.1, 0.15) is 19.8 Å². The molecule has 19 heavy (non-hydrogen) atoms. The summed E-state index contributed by atoms with van der Waals surface area (Å²) in [5, 5.41) is 9.93. The maximum absolute atomic E-state index is 11.7. The molecule has 0 aromatic rings. The maximum Gasteiger partial charge on any atom is 0.342 e. The predicted octanol–water partition coefficient (Wildman–Crippen LogP) is -2.28. The first-order chi connectivity index (χ1) is 8.67. The molecule has 2 saturated heterocycles. The number of aliphatic hydroxyl groups is 1. The van der Waals surface area contributed by atoms with Gasteiger partial charge in [0.1, 0.15) is 0 Å². The summed E-state index contributed by atoms with van der Waals surface area (Å²) >= 11 is 0. The summed E-state index contributed by atoms with van der Waals surface area (Å²) in [5.74, 6) is -4.47. The molecule has 104 valence electrons. The van der Waals surface area contributed by atoms with E-state index in [2.05, 4.69) is 0 Å². The third-order valence-electron chi connectivity index (χ3n) is 2.97. The first-order valence-electron chi connectivity index (χ1n) is 5.32. The van der Waals surface area contributed by atoms with E-state index in [1.165, 1.54) is 0 Å². The first kappa shape index (κ1) is 13.3. The highest BCUT2D eigenvalue weighted by Crippen LogP contribution is 2.33. The average Bonchev–Trinajstić information content (AvgIpc) is 2.33. The van der Waals surface area contributed by atoms with Crippen LogP contribution in [0.5, 0.6) is 0 Å². The van der Waals surface area contributed by atoms with Gasteiger partial charge < -0.3 is 25.1 Å². The second-order valence-corrected chi connectivity index (χ2v) is 4.56. The third-order valence-corrected chi connectivity index (χ3v) is 2.97. The van der Waals surface area contributed by atoms with Gasteiger partial charge in [-0.25, -0.2) is 4.79 Å². The molecule has 0 aromatic heterocycles. The number of hydrogen-bond acceptors (Lipinski definition) is 8. The second-order valence-electron chi connectivity index (χ2n) is 4.56. The average molecular weight is 273 g/mol. The number of carbonyl (C=O) groups excluding carboxylic acids is 4. The fourth-order valence-electron chi connectivity index (χ4n) is 1.79. The van der Waals surface area contributed by atoms with E-state index in [9.17, 15) is 24.3 Å². The Bertz CT molecular complexity index is 488. The van der Waals surface area contributed by atoms with E-state index < -0.39 is 54.1 Å². The maximum atomic E-state index is 11.7. The summed E-state index contributed by atoms with van der Waals surface area (Å²) in [6.45, 7) is 1.05. The zero-order valence-corrected chi connectivity index (χ0v) is 9.87. The van der Waals surface area contributed by atoms with Crippen molar-refractivity contribution in [1.82, 2.24) is 0 Å². The minimum absolute atomic E-state index is 0.772. The Balaban J connectivity index is 2.52. The molecule has 9 nitrogen and oxygen atoms in total. The van der Waals surface area contributed by atoms with Gasteiger partial charge in [-0.1, -0.05) is 0 Å². The van der Waals surface area contributed by atoms with Crippen molar-refractivity contribution in [3.8, 4) is 0 Å². The lowest BCUT2D eigenvalue weighted by molar-refractivity contribution is -0.239. The monoisotopic (exact) mass is 273 g/mol. The van der Waals surface area contributed by atoms with E-state index in [-0.39, 0.29) is 0 Å². The number of rotatable bonds is 1. The Hall–Kier alpha value is -2.16. The fraction of sp³-hybridized carbons (Fsp3) is 0.600.